The summed E-state index contributed by atoms with van der Waals surface area (Å²) in [5.74, 6) is 6.47. The van der Waals surface area contributed by atoms with Crippen molar-refractivity contribution in [3.63, 3.8) is 0 Å². The zero-order valence-corrected chi connectivity index (χ0v) is 15.1. The van der Waals surface area contributed by atoms with Gasteiger partial charge >= 0.3 is 0 Å². The van der Waals surface area contributed by atoms with E-state index in [4.69, 9.17) is 5.26 Å². The van der Waals surface area contributed by atoms with E-state index < -0.39 is 0 Å². The van der Waals surface area contributed by atoms with Gasteiger partial charge in [0, 0.05) is 11.1 Å². The van der Waals surface area contributed by atoms with E-state index in [0.717, 1.165) is 11.1 Å². The van der Waals surface area contributed by atoms with Gasteiger partial charge in [0.15, 0.2) is 0 Å². The Balaban J connectivity index is 1.70. The molecule has 0 amide bonds. The van der Waals surface area contributed by atoms with Gasteiger partial charge in [0.1, 0.15) is 0 Å². The fraction of sp³-hybridized carbons (Fsp3) is 0. The monoisotopic (exact) mass is 353 g/mol. The minimum Gasteiger partial charge on any atom is -0.192 e. The van der Waals surface area contributed by atoms with Gasteiger partial charge < -0.3 is 0 Å². The number of nitriles is 1. The number of hydrogen-bond donors (Lipinski definition) is 0. The molecule has 5 aromatic rings. The van der Waals surface area contributed by atoms with Crippen LogP contribution in [0.1, 0.15) is 16.7 Å². The smallest absolute Gasteiger partial charge is 0.0991 e. The van der Waals surface area contributed by atoms with E-state index in [1.54, 1.807) is 12.1 Å². The molecule has 0 aliphatic rings. The molecule has 1 nitrogen and oxygen atoms in total. The average molecular weight is 353 g/mol. The van der Waals surface area contributed by atoms with Crippen molar-refractivity contribution in [2.75, 3.05) is 0 Å². The third-order valence-corrected chi connectivity index (χ3v) is 5.09. The molecule has 5 aromatic carbocycles. The number of hydrogen-bond acceptors (Lipinski definition) is 1. The fourth-order valence-corrected chi connectivity index (χ4v) is 3.68. The molecule has 0 aromatic heterocycles. The molecule has 0 spiro atoms. The second-order valence-corrected chi connectivity index (χ2v) is 6.83. The Bertz CT molecular complexity index is 1450. The maximum absolute atomic E-state index is 8.91. The first-order valence-electron chi connectivity index (χ1n) is 9.18. The van der Waals surface area contributed by atoms with Crippen molar-refractivity contribution in [1.29, 1.82) is 5.26 Å². The molecule has 0 unspecified atom stereocenters. The van der Waals surface area contributed by atoms with Gasteiger partial charge in [0.2, 0.25) is 0 Å². The fourth-order valence-electron chi connectivity index (χ4n) is 3.68. The van der Waals surface area contributed by atoms with Crippen LogP contribution >= 0.6 is 0 Å². The minimum absolute atomic E-state index is 0.648. The van der Waals surface area contributed by atoms with Crippen LogP contribution in [0.25, 0.3) is 32.3 Å². The number of benzene rings is 5. The van der Waals surface area contributed by atoms with E-state index in [1.807, 2.05) is 12.1 Å². The van der Waals surface area contributed by atoms with Crippen LogP contribution in [0.15, 0.2) is 91.0 Å². The van der Waals surface area contributed by atoms with Gasteiger partial charge in [-0.05, 0) is 68.7 Å². The van der Waals surface area contributed by atoms with E-state index in [0.29, 0.717) is 5.56 Å². The topological polar surface area (TPSA) is 23.8 Å². The molecule has 0 heterocycles. The lowest BCUT2D eigenvalue weighted by atomic mass is 9.95. The van der Waals surface area contributed by atoms with Crippen LogP contribution in [0.2, 0.25) is 0 Å². The van der Waals surface area contributed by atoms with Crippen molar-refractivity contribution in [3.05, 3.63) is 108 Å². The Morgan fingerprint density at radius 3 is 1.86 bits per heavy atom. The zero-order valence-electron chi connectivity index (χ0n) is 15.1. The molecule has 0 aliphatic carbocycles. The van der Waals surface area contributed by atoms with Crippen LogP contribution in [0.5, 0.6) is 0 Å². The average Bonchev–Trinajstić information content (AvgIpc) is 2.77. The Morgan fingerprint density at radius 1 is 0.500 bits per heavy atom. The first kappa shape index (κ1) is 16.1. The number of rotatable bonds is 0. The SMILES string of the molecule is N#Cc1ccc(C#Cc2ccc3ccc4ccc5ccccc5c4c3c2)cc1. The highest BCUT2D eigenvalue weighted by molar-refractivity contribution is 6.20. The molecule has 0 radical (unpaired) electrons. The zero-order chi connectivity index (χ0) is 18.9. The summed E-state index contributed by atoms with van der Waals surface area (Å²) in [6, 6.07) is 33.1. The first-order chi connectivity index (χ1) is 13.8. The van der Waals surface area contributed by atoms with E-state index in [1.165, 1.54) is 32.3 Å². The van der Waals surface area contributed by atoms with Crippen LogP contribution in [-0.4, -0.2) is 0 Å². The van der Waals surface area contributed by atoms with Gasteiger partial charge in [-0.25, -0.2) is 0 Å². The summed E-state index contributed by atoms with van der Waals surface area (Å²) in [6.45, 7) is 0. The molecule has 128 valence electrons. The van der Waals surface area contributed by atoms with Crippen LogP contribution in [0.3, 0.4) is 0 Å². The maximum Gasteiger partial charge on any atom is 0.0991 e. The number of nitrogens with zero attached hydrogens (tertiary/aromatic N) is 1. The molecule has 0 aliphatic heterocycles. The predicted octanol–water partition coefficient (Wildman–Crippen LogP) is 6.42. The molecule has 0 bridgehead atoms. The van der Waals surface area contributed by atoms with E-state index in [2.05, 4.69) is 84.6 Å². The summed E-state index contributed by atoms with van der Waals surface area (Å²) in [7, 11) is 0. The van der Waals surface area contributed by atoms with Gasteiger partial charge in [-0.2, -0.15) is 5.26 Å². The van der Waals surface area contributed by atoms with Gasteiger partial charge in [-0.1, -0.05) is 66.4 Å². The molecule has 1 heteroatoms. The largest absolute Gasteiger partial charge is 0.192 e. The standard InChI is InChI=1S/C27H15N/c28-18-21-9-6-19(7-10-21)5-8-20-11-12-23-14-16-24-15-13-22-3-1-2-4-25(22)27(24)26(23)17-20/h1-4,6-7,9-17H. The van der Waals surface area contributed by atoms with Crippen molar-refractivity contribution < 1.29 is 0 Å². The predicted molar refractivity (Wildman–Crippen MR) is 116 cm³/mol. The molecule has 0 atom stereocenters. The maximum atomic E-state index is 8.91. The van der Waals surface area contributed by atoms with E-state index >= 15 is 0 Å². The van der Waals surface area contributed by atoms with Gasteiger partial charge in [-0.15, -0.1) is 0 Å². The first-order valence-corrected chi connectivity index (χ1v) is 9.18. The summed E-state index contributed by atoms with van der Waals surface area (Å²) in [5, 5.41) is 16.4. The highest BCUT2D eigenvalue weighted by Gasteiger charge is 2.05. The molecule has 0 fully saturated rings. The molecule has 28 heavy (non-hydrogen) atoms. The third-order valence-electron chi connectivity index (χ3n) is 5.09. The van der Waals surface area contributed by atoms with Crippen LogP contribution in [0, 0.1) is 23.2 Å². The Labute approximate surface area is 163 Å². The third kappa shape index (κ3) is 2.77. The van der Waals surface area contributed by atoms with Crippen molar-refractivity contribution in [3.8, 4) is 17.9 Å². The second-order valence-electron chi connectivity index (χ2n) is 6.83. The summed E-state index contributed by atoms with van der Waals surface area (Å²) < 4.78 is 0. The second kappa shape index (κ2) is 6.58. The van der Waals surface area contributed by atoms with Crippen LogP contribution < -0.4 is 0 Å². The van der Waals surface area contributed by atoms with E-state index in [-0.39, 0.29) is 0 Å². The summed E-state index contributed by atoms with van der Waals surface area (Å²) in [6.07, 6.45) is 0. The van der Waals surface area contributed by atoms with Crippen molar-refractivity contribution in [2.24, 2.45) is 0 Å². The molecule has 5 rings (SSSR count). The van der Waals surface area contributed by atoms with Crippen molar-refractivity contribution >= 4 is 32.3 Å². The number of fused-ring (bicyclic) bond motifs is 5. The lowest BCUT2D eigenvalue weighted by molar-refractivity contribution is 1.48. The molecule has 0 saturated carbocycles. The quantitative estimate of drug-likeness (QED) is 0.233. The van der Waals surface area contributed by atoms with Gasteiger partial charge in [-0.3, -0.25) is 0 Å². The normalized spacial score (nSPS) is 10.5. The van der Waals surface area contributed by atoms with Crippen molar-refractivity contribution in [2.45, 2.75) is 0 Å². The summed E-state index contributed by atoms with van der Waals surface area (Å²) in [5.41, 5.74) is 2.54. The summed E-state index contributed by atoms with van der Waals surface area (Å²) in [4.78, 5) is 0. The van der Waals surface area contributed by atoms with E-state index in [9.17, 15) is 0 Å². The highest BCUT2D eigenvalue weighted by atomic mass is 14.2. The van der Waals surface area contributed by atoms with Gasteiger partial charge in [0.25, 0.3) is 0 Å². The van der Waals surface area contributed by atoms with Crippen LogP contribution in [-0.2, 0) is 0 Å². The minimum atomic E-state index is 0.648. The Morgan fingerprint density at radius 2 is 1.07 bits per heavy atom. The molecule has 0 N–H and O–H groups in total. The lowest BCUT2D eigenvalue weighted by Crippen LogP contribution is -1.83. The van der Waals surface area contributed by atoms with Crippen LogP contribution in [0.4, 0.5) is 0 Å². The molecular formula is C27H15N. The Hall–Kier alpha value is -4.07. The van der Waals surface area contributed by atoms with Gasteiger partial charge in [0.05, 0.1) is 11.6 Å². The van der Waals surface area contributed by atoms with Crippen molar-refractivity contribution in [1.82, 2.24) is 0 Å². The lowest BCUT2D eigenvalue weighted by Gasteiger charge is -2.08. The molecule has 0 saturated heterocycles. The highest BCUT2D eigenvalue weighted by Crippen LogP contribution is 2.32. The Kier molecular flexibility index (Phi) is 3.79. The molecular weight excluding hydrogens is 338 g/mol. The summed E-state index contributed by atoms with van der Waals surface area (Å²) >= 11 is 0.